The largest absolute Gasteiger partial charge is 0.481 e. The Balaban J connectivity index is 1.82. The first-order chi connectivity index (χ1) is 9.46. The lowest BCUT2D eigenvalue weighted by Crippen LogP contribution is -2.27. The summed E-state index contributed by atoms with van der Waals surface area (Å²) in [5, 5.41) is 3.62. The van der Waals surface area contributed by atoms with Crippen LogP contribution in [0.15, 0.2) is 18.3 Å². The molecule has 1 aromatic rings. The number of aromatic nitrogens is 1. The minimum absolute atomic E-state index is 0.462. The number of hydrogen-bond donors (Lipinski definition) is 1. The average Bonchev–Trinajstić information content (AvgIpc) is 2.40. The van der Waals surface area contributed by atoms with Crippen LogP contribution < -0.4 is 10.1 Å². The highest BCUT2D eigenvalue weighted by Gasteiger charge is 2.25. The second-order valence-corrected chi connectivity index (χ2v) is 7.21. The van der Waals surface area contributed by atoms with Crippen molar-refractivity contribution in [3.8, 4) is 5.88 Å². The normalized spacial score (nSPS) is 23.4. The first kappa shape index (κ1) is 15.1. The lowest BCUT2D eigenvalue weighted by atomic mass is 9.76. The van der Waals surface area contributed by atoms with Crippen molar-refractivity contribution in [2.45, 2.75) is 58.9 Å². The van der Waals surface area contributed by atoms with Crippen LogP contribution in [0.1, 0.15) is 52.9 Å². The van der Waals surface area contributed by atoms with Gasteiger partial charge in [-0.1, -0.05) is 20.8 Å². The van der Waals surface area contributed by atoms with Crippen LogP contribution in [0.2, 0.25) is 0 Å². The lowest BCUT2D eigenvalue weighted by molar-refractivity contribution is 0.233. The number of methoxy groups -OCH3 is 1. The van der Waals surface area contributed by atoms with E-state index in [2.05, 4.69) is 31.1 Å². The van der Waals surface area contributed by atoms with Gasteiger partial charge in [0.1, 0.15) is 0 Å². The molecule has 1 aromatic heterocycles. The SMILES string of the molecule is COc1cc(N[C@H]2CC[C@@H](CC(C)(C)C)CC2)ccn1. The first-order valence-electron chi connectivity index (χ1n) is 7.73. The van der Waals surface area contributed by atoms with Crippen LogP contribution in [0.5, 0.6) is 5.88 Å². The minimum Gasteiger partial charge on any atom is -0.481 e. The molecule has 0 aliphatic heterocycles. The molecule has 0 unspecified atom stereocenters. The van der Waals surface area contributed by atoms with Crippen LogP contribution in [0, 0.1) is 11.3 Å². The second kappa shape index (κ2) is 6.47. The zero-order valence-electron chi connectivity index (χ0n) is 13.3. The monoisotopic (exact) mass is 276 g/mol. The molecule has 1 N–H and O–H groups in total. The highest BCUT2D eigenvalue weighted by atomic mass is 16.5. The smallest absolute Gasteiger partial charge is 0.214 e. The van der Waals surface area contributed by atoms with Crippen molar-refractivity contribution in [1.29, 1.82) is 0 Å². The molecule has 20 heavy (non-hydrogen) atoms. The molecule has 3 heteroatoms. The van der Waals surface area contributed by atoms with Gasteiger partial charge in [-0.3, -0.25) is 0 Å². The first-order valence-corrected chi connectivity index (χ1v) is 7.73. The molecule has 1 aliphatic carbocycles. The third-order valence-corrected chi connectivity index (χ3v) is 4.06. The number of hydrogen-bond acceptors (Lipinski definition) is 3. The van der Waals surface area contributed by atoms with Crippen LogP contribution in [-0.4, -0.2) is 18.1 Å². The summed E-state index contributed by atoms with van der Waals surface area (Å²) in [7, 11) is 1.66. The molecule has 0 saturated heterocycles. The molecular formula is C17H28N2O. The second-order valence-electron chi connectivity index (χ2n) is 7.21. The fourth-order valence-corrected chi connectivity index (χ4v) is 3.22. The van der Waals surface area contributed by atoms with Crippen molar-refractivity contribution in [2.24, 2.45) is 11.3 Å². The van der Waals surface area contributed by atoms with Crippen molar-refractivity contribution >= 4 is 5.69 Å². The van der Waals surface area contributed by atoms with E-state index < -0.39 is 0 Å². The number of rotatable bonds is 4. The molecule has 0 spiro atoms. The van der Waals surface area contributed by atoms with Crippen LogP contribution in [0.4, 0.5) is 5.69 Å². The summed E-state index contributed by atoms with van der Waals surface area (Å²) in [4.78, 5) is 4.14. The van der Waals surface area contributed by atoms with Gasteiger partial charge in [0.25, 0.3) is 0 Å². The van der Waals surface area contributed by atoms with Crippen molar-refractivity contribution < 1.29 is 4.74 Å². The minimum atomic E-state index is 0.462. The molecule has 2 rings (SSSR count). The van der Waals surface area contributed by atoms with Gasteiger partial charge in [-0.15, -0.1) is 0 Å². The highest BCUT2D eigenvalue weighted by Crippen LogP contribution is 2.35. The Morgan fingerprint density at radius 1 is 1.25 bits per heavy atom. The zero-order valence-corrected chi connectivity index (χ0v) is 13.3. The molecule has 0 aromatic carbocycles. The van der Waals surface area contributed by atoms with E-state index in [1.165, 1.54) is 32.1 Å². The molecule has 0 bridgehead atoms. The topological polar surface area (TPSA) is 34.1 Å². The van der Waals surface area contributed by atoms with Gasteiger partial charge in [-0.05, 0) is 49.5 Å². The van der Waals surface area contributed by atoms with Gasteiger partial charge < -0.3 is 10.1 Å². The highest BCUT2D eigenvalue weighted by molar-refractivity contribution is 5.45. The maximum atomic E-state index is 5.16. The van der Waals surface area contributed by atoms with E-state index in [1.54, 1.807) is 13.3 Å². The van der Waals surface area contributed by atoms with E-state index in [4.69, 9.17) is 4.74 Å². The molecule has 1 aliphatic rings. The molecule has 0 atom stereocenters. The fraction of sp³-hybridized carbons (Fsp3) is 0.706. The molecule has 0 radical (unpaired) electrons. The zero-order chi connectivity index (χ0) is 14.6. The van der Waals surface area contributed by atoms with Gasteiger partial charge in [-0.25, -0.2) is 4.98 Å². The molecular weight excluding hydrogens is 248 g/mol. The predicted molar refractivity (Wildman–Crippen MR) is 84.2 cm³/mol. The van der Waals surface area contributed by atoms with E-state index in [0.717, 1.165) is 11.6 Å². The number of ether oxygens (including phenoxy) is 1. The Morgan fingerprint density at radius 2 is 1.95 bits per heavy atom. The summed E-state index contributed by atoms with van der Waals surface area (Å²) in [6.45, 7) is 7.04. The summed E-state index contributed by atoms with van der Waals surface area (Å²) in [6, 6.07) is 4.59. The summed E-state index contributed by atoms with van der Waals surface area (Å²) < 4.78 is 5.16. The Labute approximate surface area is 123 Å². The van der Waals surface area contributed by atoms with E-state index in [9.17, 15) is 0 Å². The quantitative estimate of drug-likeness (QED) is 0.879. The molecule has 3 nitrogen and oxygen atoms in total. The number of pyridine rings is 1. The van der Waals surface area contributed by atoms with Crippen molar-refractivity contribution in [1.82, 2.24) is 4.98 Å². The van der Waals surface area contributed by atoms with E-state index in [0.29, 0.717) is 17.3 Å². The Morgan fingerprint density at radius 3 is 2.55 bits per heavy atom. The lowest BCUT2D eigenvalue weighted by Gasteiger charge is -2.33. The van der Waals surface area contributed by atoms with E-state index >= 15 is 0 Å². The van der Waals surface area contributed by atoms with E-state index in [-0.39, 0.29) is 0 Å². The fourth-order valence-electron chi connectivity index (χ4n) is 3.22. The maximum Gasteiger partial charge on any atom is 0.214 e. The number of anilines is 1. The summed E-state index contributed by atoms with van der Waals surface area (Å²) in [5.41, 5.74) is 1.58. The van der Waals surface area contributed by atoms with Gasteiger partial charge in [-0.2, -0.15) is 0 Å². The summed E-state index contributed by atoms with van der Waals surface area (Å²) >= 11 is 0. The molecule has 1 heterocycles. The molecule has 1 saturated carbocycles. The molecule has 1 fully saturated rings. The summed E-state index contributed by atoms with van der Waals surface area (Å²) in [5.74, 6) is 1.58. The van der Waals surface area contributed by atoms with Crippen molar-refractivity contribution in [2.75, 3.05) is 12.4 Å². The van der Waals surface area contributed by atoms with Gasteiger partial charge in [0.2, 0.25) is 5.88 Å². The Bertz CT molecular complexity index is 417. The third-order valence-electron chi connectivity index (χ3n) is 4.06. The van der Waals surface area contributed by atoms with Gasteiger partial charge >= 0.3 is 0 Å². The number of nitrogens with zero attached hydrogens (tertiary/aromatic N) is 1. The predicted octanol–water partition coefficient (Wildman–Crippen LogP) is 4.50. The standard InChI is InChI=1S/C17H28N2O/c1-17(2,3)12-13-5-7-14(8-6-13)19-15-9-10-18-16(11-15)20-4/h9-11,13-14H,5-8,12H2,1-4H3,(H,18,19)/t13-,14+. The van der Waals surface area contributed by atoms with Crippen molar-refractivity contribution in [3.63, 3.8) is 0 Å². The molecule has 112 valence electrons. The number of nitrogens with one attached hydrogen (secondary N) is 1. The van der Waals surface area contributed by atoms with Crippen LogP contribution in [-0.2, 0) is 0 Å². The van der Waals surface area contributed by atoms with Crippen LogP contribution >= 0.6 is 0 Å². The van der Waals surface area contributed by atoms with Gasteiger partial charge in [0.15, 0.2) is 0 Å². The summed E-state index contributed by atoms with van der Waals surface area (Å²) in [6.07, 6.45) is 8.38. The Kier molecular flexibility index (Phi) is 4.90. The van der Waals surface area contributed by atoms with Gasteiger partial charge in [0, 0.05) is 24.0 Å². The Hall–Kier alpha value is -1.25. The van der Waals surface area contributed by atoms with E-state index in [1.807, 2.05) is 12.1 Å². The van der Waals surface area contributed by atoms with Crippen molar-refractivity contribution in [3.05, 3.63) is 18.3 Å². The molecule has 0 amide bonds. The average molecular weight is 276 g/mol. The van der Waals surface area contributed by atoms with Crippen LogP contribution in [0.25, 0.3) is 0 Å². The van der Waals surface area contributed by atoms with Gasteiger partial charge in [0.05, 0.1) is 7.11 Å². The maximum absolute atomic E-state index is 5.16. The van der Waals surface area contributed by atoms with Crippen LogP contribution in [0.3, 0.4) is 0 Å². The third kappa shape index (κ3) is 4.69.